The summed E-state index contributed by atoms with van der Waals surface area (Å²) in [5, 5.41) is 18.8. The lowest BCUT2D eigenvalue weighted by Gasteiger charge is -2.08. The number of methoxy groups -OCH3 is 1. The van der Waals surface area contributed by atoms with E-state index in [9.17, 15) is 14.9 Å². The van der Waals surface area contributed by atoms with Crippen LogP contribution < -0.4 is 10.2 Å². The molecular formula is C18H15ClN6O4. The lowest BCUT2D eigenvalue weighted by molar-refractivity contribution is -0.394. The quantitative estimate of drug-likeness (QED) is 0.360. The van der Waals surface area contributed by atoms with Crippen molar-refractivity contribution in [1.29, 1.82) is 0 Å². The highest BCUT2D eigenvalue weighted by Crippen LogP contribution is 2.20. The number of nitrogens with one attached hydrogen (secondary N) is 1. The molecule has 0 saturated heterocycles. The van der Waals surface area contributed by atoms with Gasteiger partial charge in [-0.05, 0) is 40.8 Å². The molecule has 0 unspecified atom stereocenters. The molecule has 0 atom stereocenters. The summed E-state index contributed by atoms with van der Waals surface area (Å²) in [6.45, 7) is 0.206. The summed E-state index contributed by atoms with van der Waals surface area (Å²) >= 11 is 5.99. The first-order valence-corrected chi connectivity index (χ1v) is 8.64. The highest BCUT2D eigenvalue weighted by molar-refractivity contribution is 6.33. The van der Waals surface area contributed by atoms with Gasteiger partial charge in [-0.1, -0.05) is 28.7 Å². The lowest BCUT2D eigenvalue weighted by atomic mass is 10.1. The first-order valence-electron chi connectivity index (χ1n) is 8.26. The summed E-state index contributed by atoms with van der Waals surface area (Å²) in [6.07, 6.45) is 2.73. The van der Waals surface area contributed by atoms with E-state index in [1.165, 1.54) is 24.3 Å². The fourth-order valence-corrected chi connectivity index (χ4v) is 2.71. The molecule has 0 aliphatic carbocycles. The summed E-state index contributed by atoms with van der Waals surface area (Å²) in [5.74, 6) is -0.347. The van der Waals surface area contributed by atoms with E-state index in [0.717, 1.165) is 0 Å². The largest absolute Gasteiger partial charge is 0.496 e. The molecule has 0 aliphatic heterocycles. The third-order valence-corrected chi connectivity index (χ3v) is 4.15. The number of hydrogen-bond acceptors (Lipinski definition) is 7. The molecule has 148 valence electrons. The number of hydrazone groups is 1. The third-order valence-electron chi connectivity index (χ3n) is 3.82. The second kappa shape index (κ2) is 8.93. The zero-order valence-electron chi connectivity index (χ0n) is 15.2. The summed E-state index contributed by atoms with van der Waals surface area (Å²) in [4.78, 5) is 25.8. The molecule has 0 spiro atoms. The van der Waals surface area contributed by atoms with E-state index in [-0.39, 0.29) is 6.54 Å². The maximum absolute atomic E-state index is 12.1. The molecule has 1 heterocycles. The molecule has 10 nitrogen and oxygen atoms in total. The number of carbonyl (C=O) groups excluding carboxylic acids is 1. The van der Waals surface area contributed by atoms with Crippen LogP contribution in [0.1, 0.15) is 21.5 Å². The Balaban J connectivity index is 1.73. The molecule has 0 saturated carbocycles. The SMILES string of the molecule is COc1ccc(/C=N/NC(=O)c2ccccc2Cl)cc1Cn1cnc([N+](=O)[O-])n1. The molecule has 1 aromatic heterocycles. The normalized spacial score (nSPS) is 10.8. The molecule has 0 bridgehead atoms. The van der Waals surface area contributed by atoms with Crippen molar-refractivity contribution in [2.75, 3.05) is 7.11 Å². The van der Waals surface area contributed by atoms with Gasteiger partial charge in [-0.3, -0.25) is 4.79 Å². The number of nitrogens with zero attached hydrogens (tertiary/aromatic N) is 5. The van der Waals surface area contributed by atoms with Gasteiger partial charge in [-0.2, -0.15) is 9.78 Å². The molecule has 11 heteroatoms. The van der Waals surface area contributed by atoms with E-state index in [1.54, 1.807) is 42.5 Å². The van der Waals surface area contributed by atoms with E-state index in [4.69, 9.17) is 16.3 Å². The van der Waals surface area contributed by atoms with Crippen molar-refractivity contribution in [1.82, 2.24) is 20.2 Å². The molecular weight excluding hydrogens is 400 g/mol. The third kappa shape index (κ3) is 4.93. The van der Waals surface area contributed by atoms with Gasteiger partial charge < -0.3 is 14.9 Å². The van der Waals surface area contributed by atoms with E-state index in [0.29, 0.717) is 27.5 Å². The molecule has 0 radical (unpaired) electrons. The van der Waals surface area contributed by atoms with Crippen LogP contribution in [0.25, 0.3) is 0 Å². The Kier molecular flexibility index (Phi) is 6.15. The van der Waals surface area contributed by atoms with Crippen LogP contribution in [0, 0.1) is 10.1 Å². The van der Waals surface area contributed by atoms with E-state index < -0.39 is 16.8 Å². The van der Waals surface area contributed by atoms with Crippen molar-refractivity contribution in [3.63, 3.8) is 0 Å². The number of carbonyl (C=O) groups is 1. The Hall–Kier alpha value is -3.79. The minimum absolute atomic E-state index is 0.206. The van der Waals surface area contributed by atoms with Crippen LogP contribution in [0.5, 0.6) is 5.75 Å². The minimum atomic E-state index is -0.668. The number of rotatable bonds is 7. The van der Waals surface area contributed by atoms with Gasteiger partial charge in [0.1, 0.15) is 5.75 Å². The molecule has 29 heavy (non-hydrogen) atoms. The van der Waals surface area contributed by atoms with Crippen LogP contribution in [0.4, 0.5) is 5.95 Å². The number of halogens is 1. The van der Waals surface area contributed by atoms with Gasteiger partial charge in [-0.15, -0.1) is 0 Å². The van der Waals surface area contributed by atoms with Crippen molar-refractivity contribution in [2.45, 2.75) is 6.54 Å². The van der Waals surface area contributed by atoms with Crippen LogP contribution in [0.2, 0.25) is 5.02 Å². The smallest absolute Gasteiger partial charge is 0.490 e. The van der Waals surface area contributed by atoms with Crippen molar-refractivity contribution in [2.24, 2.45) is 5.10 Å². The van der Waals surface area contributed by atoms with E-state index >= 15 is 0 Å². The van der Waals surface area contributed by atoms with Crippen LogP contribution in [-0.4, -0.2) is 38.9 Å². The molecule has 0 fully saturated rings. The number of nitro groups is 1. The Morgan fingerprint density at radius 3 is 2.86 bits per heavy atom. The first-order chi connectivity index (χ1) is 14.0. The fraction of sp³-hybridized carbons (Fsp3) is 0.111. The number of amides is 1. The van der Waals surface area contributed by atoms with Crippen LogP contribution >= 0.6 is 11.6 Å². The topological polar surface area (TPSA) is 125 Å². The summed E-state index contributed by atoms with van der Waals surface area (Å²) < 4.78 is 6.65. The minimum Gasteiger partial charge on any atom is -0.496 e. The van der Waals surface area contributed by atoms with Crippen molar-refractivity contribution >= 4 is 29.7 Å². The standard InChI is InChI=1S/C18H15ClN6O4/c1-29-16-7-6-12(8-13(16)10-24-11-20-18(23-24)25(27)28)9-21-22-17(26)14-4-2-3-5-15(14)19/h2-9,11H,10H2,1H3,(H,22,26)/b21-9+. The zero-order valence-corrected chi connectivity index (χ0v) is 15.9. The molecule has 2 aromatic carbocycles. The highest BCUT2D eigenvalue weighted by atomic mass is 35.5. The predicted molar refractivity (Wildman–Crippen MR) is 105 cm³/mol. The highest BCUT2D eigenvalue weighted by Gasteiger charge is 2.15. The van der Waals surface area contributed by atoms with E-state index in [2.05, 4.69) is 20.6 Å². The average Bonchev–Trinajstić information content (AvgIpc) is 3.17. The summed E-state index contributed by atoms with van der Waals surface area (Å²) in [5.41, 5.74) is 4.11. The molecule has 1 N–H and O–H groups in total. The maximum atomic E-state index is 12.1. The Morgan fingerprint density at radius 2 is 2.17 bits per heavy atom. The van der Waals surface area contributed by atoms with Crippen molar-refractivity contribution in [3.8, 4) is 5.75 Å². The Morgan fingerprint density at radius 1 is 1.38 bits per heavy atom. The summed E-state index contributed by atoms with van der Waals surface area (Å²) in [6, 6.07) is 11.9. The lowest BCUT2D eigenvalue weighted by Crippen LogP contribution is -2.18. The van der Waals surface area contributed by atoms with Crippen molar-refractivity contribution < 1.29 is 14.5 Å². The van der Waals surface area contributed by atoms with Gasteiger partial charge in [0, 0.05) is 10.7 Å². The maximum Gasteiger partial charge on any atom is 0.490 e. The van der Waals surface area contributed by atoms with Crippen LogP contribution in [-0.2, 0) is 6.54 Å². The zero-order chi connectivity index (χ0) is 20.8. The molecule has 3 rings (SSSR count). The predicted octanol–water partition coefficient (Wildman–Crippen LogP) is 2.66. The number of hydrogen-bond donors (Lipinski definition) is 1. The van der Waals surface area contributed by atoms with Crippen molar-refractivity contribution in [3.05, 3.63) is 80.6 Å². The molecule has 1 amide bonds. The molecule has 0 aliphatic rings. The number of aromatic nitrogens is 3. The summed E-state index contributed by atoms with van der Waals surface area (Å²) in [7, 11) is 1.51. The molecule has 3 aromatic rings. The second-order valence-corrected chi connectivity index (χ2v) is 6.16. The van der Waals surface area contributed by atoms with Gasteiger partial charge in [0.2, 0.25) is 6.33 Å². The number of benzene rings is 2. The average molecular weight is 415 g/mol. The van der Waals surface area contributed by atoms with Gasteiger partial charge >= 0.3 is 5.95 Å². The second-order valence-electron chi connectivity index (χ2n) is 5.75. The van der Waals surface area contributed by atoms with E-state index in [1.807, 2.05) is 0 Å². The fourth-order valence-electron chi connectivity index (χ4n) is 2.49. The van der Waals surface area contributed by atoms with Crippen LogP contribution in [0.3, 0.4) is 0 Å². The first kappa shape index (κ1) is 20.0. The van der Waals surface area contributed by atoms with Gasteiger partial charge in [0.15, 0.2) is 0 Å². The number of ether oxygens (including phenoxy) is 1. The Labute approximate surface area is 169 Å². The monoisotopic (exact) mass is 414 g/mol. The Bertz CT molecular complexity index is 1080. The van der Waals surface area contributed by atoms with Gasteiger partial charge in [0.25, 0.3) is 5.91 Å². The van der Waals surface area contributed by atoms with Gasteiger partial charge in [0.05, 0.1) is 30.5 Å². The van der Waals surface area contributed by atoms with Crippen LogP contribution in [0.15, 0.2) is 53.9 Å². The van der Waals surface area contributed by atoms with Gasteiger partial charge in [-0.25, -0.2) is 5.43 Å².